The van der Waals surface area contributed by atoms with Gasteiger partial charge in [-0.1, -0.05) is 12.1 Å². The van der Waals surface area contributed by atoms with Crippen LogP contribution in [0.5, 0.6) is 0 Å². The normalized spacial score (nSPS) is 20.0. The third kappa shape index (κ3) is 2.82. The van der Waals surface area contributed by atoms with E-state index in [-0.39, 0.29) is 16.5 Å². The second kappa shape index (κ2) is 6.36. The molecule has 0 bridgehead atoms. The Morgan fingerprint density at radius 3 is 2.83 bits per heavy atom. The number of sulfonamides is 1. The summed E-state index contributed by atoms with van der Waals surface area (Å²) in [7, 11) is -1.78. The number of benzene rings is 1. The smallest absolute Gasteiger partial charge is 0.244 e. The molecular weight excluding hydrogens is 326 g/mol. The number of rotatable bonds is 3. The van der Waals surface area contributed by atoms with Crippen LogP contribution in [0, 0.1) is 18.3 Å². The predicted molar refractivity (Wildman–Crippen MR) is 88.6 cm³/mol. The number of nitrogens with zero attached hydrogens (tertiary/aromatic N) is 4. The molecule has 0 unspecified atom stereocenters. The Labute approximate surface area is 141 Å². The lowest BCUT2D eigenvalue weighted by Gasteiger charge is -2.37. The number of H-pyrrole nitrogens is 1. The number of nitriles is 1. The minimum atomic E-state index is -3.73. The molecule has 2 heterocycles. The van der Waals surface area contributed by atoms with Crippen molar-refractivity contribution >= 4 is 10.0 Å². The molecule has 1 aromatic heterocycles. The van der Waals surface area contributed by atoms with Gasteiger partial charge in [-0.05, 0) is 25.6 Å². The molecular formula is C16H19N5O2S. The molecule has 24 heavy (non-hydrogen) atoms. The van der Waals surface area contributed by atoms with Crippen LogP contribution in [0.4, 0.5) is 0 Å². The van der Waals surface area contributed by atoms with Gasteiger partial charge in [0, 0.05) is 32.0 Å². The molecule has 7 nitrogen and oxygen atoms in total. The highest BCUT2D eigenvalue weighted by Crippen LogP contribution is 2.28. The van der Waals surface area contributed by atoms with Gasteiger partial charge in [0.25, 0.3) is 0 Å². The number of aromatic amines is 1. The standard InChI is InChI=1S/C16H19N5O2S/c1-12-4-3-5-15(13(12)10-17)24(22,23)21-9-8-20(2)14(11-21)16-18-6-7-19-16/h3-7,14H,8-9,11H2,1-2H3,(H,18,19)/t14-/m1/s1. The summed E-state index contributed by atoms with van der Waals surface area (Å²) in [5, 5.41) is 9.35. The van der Waals surface area contributed by atoms with Crippen molar-refractivity contribution in [1.29, 1.82) is 5.26 Å². The van der Waals surface area contributed by atoms with E-state index >= 15 is 0 Å². The van der Waals surface area contributed by atoms with Crippen molar-refractivity contribution in [2.75, 3.05) is 26.7 Å². The molecule has 0 radical (unpaired) electrons. The number of aryl methyl sites for hydroxylation is 1. The Bertz CT molecular complexity index is 870. The lowest BCUT2D eigenvalue weighted by Crippen LogP contribution is -2.49. The van der Waals surface area contributed by atoms with Crippen LogP contribution in [0.1, 0.15) is 23.0 Å². The minimum absolute atomic E-state index is 0.0766. The first kappa shape index (κ1) is 16.6. The van der Waals surface area contributed by atoms with E-state index in [1.54, 1.807) is 31.5 Å². The highest BCUT2D eigenvalue weighted by molar-refractivity contribution is 7.89. The summed E-state index contributed by atoms with van der Waals surface area (Å²) in [6.45, 7) is 3.02. The van der Waals surface area contributed by atoms with Gasteiger partial charge in [0.15, 0.2) is 0 Å². The maximum Gasteiger partial charge on any atom is 0.244 e. The Morgan fingerprint density at radius 1 is 1.38 bits per heavy atom. The predicted octanol–water partition coefficient (Wildman–Crippen LogP) is 1.27. The SMILES string of the molecule is Cc1cccc(S(=O)(=O)N2CCN(C)[C@@H](c3ncc[nH]3)C2)c1C#N. The molecule has 1 saturated heterocycles. The monoisotopic (exact) mass is 345 g/mol. The van der Waals surface area contributed by atoms with E-state index in [4.69, 9.17) is 0 Å². The number of hydrogen-bond donors (Lipinski definition) is 1. The molecule has 1 aromatic carbocycles. The maximum atomic E-state index is 13.1. The lowest BCUT2D eigenvalue weighted by atomic mass is 10.1. The number of likely N-dealkylation sites (N-methyl/N-ethyl adjacent to an activating group) is 1. The first-order chi connectivity index (χ1) is 11.4. The summed E-state index contributed by atoms with van der Waals surface area (Å²) in [5.41, 5.74) is 0.876. The molecule has 0 aliphatic carbocycles. The molecule has 8 heteroatoms. The fourth-order valence-corrected chi connectivity index (χ4v) is 4.61. The summed E-state index contributed by atoms with van der Waals surface area (Å²) in [6.07, 6.45) is 3.38. The van der Waals surface area contributed by atoms with Crippen LogP contribution in [0.2, 0.25) is 0 Å². The van der Waals surface area contributed by atoms with Gasteiger partial charge < -0.3 is 4.98 Å². The third-order valence-corrected chi connectivity index (χ3v) is 6.32. The maximum absolute atomic E-state index is 13.1. The van der Waals surface area contributed by atoms with Crippen molar-refractivity contribution in [2.45, 2.75) is 17.9 Å². The van der Waals surface area contributed by atoms with Crippen LogP contribution in [0.15, 0.2) is 35.5 Å². The van der Waals surface area contributed by atoms with Crippen molar-refractivity contribution in [3.8, 4) is 6.07 Å². The Hall–Kier alpha value is -2.21. The lowest BCUT2D eigenvalue weighted by molar-refractivity contribution is 0.142. The number of piperazine rings is 1. The van der Waals surface area contributed by atoms with Gasteiger partial charge in [0.05, 0.1) is 11.6 Å². The second-order valence-electron chi connectivity index (χ2n) is 5.89. The fraction of sp³-hybridized carbons (Fsp3) is 0.375. The van der Waals surface area contributed by atoms with Gasteiger partial charge in [0.1, 0.15) is 16.8 Å². The van der Waals surface area contributed by atoms with Gasteiger partial charge in [-0.15, -0.1) is 0 Å². The van der Waals surface area contributed by atoms with E-state index in [9.17, 15) is 13.7 Å². The average Bonchev–Trinajstić information content (AvgIpc) is 3.09. The van der Waals surface area contributed by atoms with Crippen LogP contribution in [-0.4, -0.2) is 54.3 Å². The zero-order valence-corrected chi connectivity index (χ0v) is 14.4. The van der Waals surface area contributed by atoms with Crippen molar-refractivity contribution in [3.05, 3.63) is 47.5 Å². The van der Waals surface area contributed by atoms with E-state index in [1.165, 1.54) is 10.4 Å². The van der Waals surface area contributed by atoms with Crippen LogP contribution < -0.4 is 0 Å². The van der Waals surface area contributed by atoms with Gasteiger partial charge in [-0.25, -0.2) is 13.4 Å². The van der Waals surface area contributed by atoms with E-state index < -0.39 is 10.0 Å². The number of hydrogen-bond acceptors (Lipinski definition) is 5. The molecule has 126 valence electrons. The first-order valence-electron chi connectivity index (χ1n) is 7.64. The van der Waals surface area contributed by atoms with Crippen molar-refractivity contribution < 1.29 is 8.42 Å². The van der Waals surface area contributed by atoms with Crippen LogP contribution in [0.3, 0.4) is 0 Å². The van der Waals surface area contributed by atoms with E-state index in [0.717, 1.165) is 5.82 Å². The number of imidazole rings is 1. The van der Waals surface area contributed by atoms with Gasteiger partial charge in [-0.3, -0.25) is 4.90 Å². The Kier molecular flexibility index (Phi) is 4.41. The van der Waals surface area contributed by atoms with E-state index in [2.05, 4.69) is 14.9 Å². The molecule has 1 fully saturated rings. The molecule has 1 aliphatic rings. The average molecular weight is 345 g/mol. The first-order valence-corrected chi connectivity index (χ1v) is 9.08. The van der Waals surface area contributed by atoms with E-state index in [1.807, 2.05) is 13.1 Å². The van der Waals surface area contributed by atoms with Crippen LogP contribution >= 0.6 is 0 Å². The summed E-state index contributed by atoms with van der Waals surface area (Å²) < 4.78 is 27.6. The zero-order valence-electron chi connectivity index (χ0n) is 13.6. The summed E-state index contributed by atoms with van der Waals surface area (Å²) in [6, 6.07) is 6.80. The topological polar surface area (TPSA) is 93.1 Å². The quantitative estimate of drug-likeness (QED) is 0.904. The Morgan fingerprint density at radius 2 is 2.17 bits per heavy atom. The van der Waals surface area contributed by atoms with E-state index in [0.29, 0.717) is 25.2 Å². The number of aromatic nitrogens is 2. The fourth-order valence-electron chi connectivity index (χ4n) is 2.96. The zero-order chi connectivity index (χ0) is 17.3. The molecule has 0 saturated carbocycles. The molecule has 0 spiro atoms. The highest BCUT2D eigenvalue weighted by atomic mass is 32.2. The molecule has 2 aromatic rings. The molecule has 1 N–H and O–H groups in total. The largest absolute Gasteiger partial charge is 0.347 e. The van der Waals surface area contributed by atoms with Gasteiger partial charge >= 0.3 is 0 Å². The van der Waals surface area contributed by atoms with Crippen LogP contribution in [-0.2, 0) is 10.0 Å². The highest BCUT2D eigenvalue weighted by Gasteiger charge is 2.35. The van der Waals surface area contributed by atoms with Gasteiger partial charge in [-0.2, -0.15) is 9.57 Å². The van der Waals surface area contributed by atoms with Crippen LogP contribution in [0.25, 0.3) is 0 Å². The molecule has 3 rings (SSSR count). The molecule has 1 aliphatic heterocycles. The number of nitrogens with one attached hydrogen (secondary N) is 1. The van der Waals surface area contributed by atoms with Crippen molar-refractivity contribution in [1.82, 2.24) is 19.2 Å². The van der Waals surface area contributed by atoms with Crippen molar-refractivity contribution in [2.24, 2.45) is 0 Å². The van der Waals surface area contributed by atoms with Crippen molar-refractivity contribution in [3.63, 3.8) is 0 Å². The summed E-state index contributed by atoms with van der Waals surface area (Å²) in [5.74, 6) is 0.738. The summed E-state index contributed by atoms with van der Waals surface area (Å²) >= 11 is 0. The molecule has 1 atom stereocenters. The van der Waals surface area contributed by atoms with Gasteiger partial charge in [0.2, 0.25) is 10.0 Å². The molecule has 0 amide bonds. The minimum Gasteiger partial charge on any atom is -0.347 e. The summed E-state index contributed by atoms with van der Waals surface area (Å²) in [4.78, 5) is 9.46. The second-order valence-corrected chi connectivity index (χ2v) is 7.80. The Balaban J connectivity index is 1.96. The third-order valence-electron chi connectivity index (χ3n) is 4.41.